The van der Waals surface area contributed by atoms with Crippen molar-refractivity contribution in [1.82, 2.24) is 10.2 Å². The molecule has 98 valence electrons. The summed E-state index contributed by atoms with van der Waals surface area (Å²) in [5, 5.41) is 12.9. The molecule has 0 aromatic carbocycles. The van der Waals surface area contributed by atoms with E-state index < -0.39 is 15.4 Å². The van der Waals surface area contributed by atoms with Crippen LogP contribution in [0.25, 0.3) is 0 Å². The Hall–Kier alpha value is -0.170. The van der Waals surface area contributed by atoms with Crippen LogP contribution in [0.1, 0.15) is 13.8 Å². The largest absolute Gasteiger partial charge is 0.388 e. The Morgan fingerprint density at radius 2 is 1.94 bits per heavy atom. The molecule has 0 aromatic rings. The van der Waals surface area contributed by atoms with Gasteiger partial charge in [-0.1, -0.05) is 6.92 Å². The van der Waals surface area contributed by atoms with Crippen LogP contribution in [-0.2, 0) is 9.84 Å². The maximum absolute atomic E-state index is 11.2. The van der Waals surface area contributed by atoms with Crippen molar-refractivity contribution in [3.63, 3.8) is 0 Å². The van der Waals surface area contributed by atoms with E-state index >= 15 is 0 Å². The topological polar surface area (TPSA) is 69.6 Å². The highest BCUT2D eigenvalue weighted by Gasteiger charge is 2.20. The van der Waals surface area contributed by atoms with Gasteiger partial charge in [-0.05, 0) is 21.0 Å². The zero-order valence-corrected chi connectivity index (χ0v) is 11.5. The van der Waals surface area contributed by atoms with E-state index in [1.165, 1.54) is 0 Å². The lowest BCUT2D eigenvalue weighted by Gasteiger charge is -2.27. The fourth-order valence-electron chi connectivity index (χ4n) is 1.47. The third-order valence-electron chi connectivity index (χ3n) is 2.19. The smallest absolute Gasteiger partial charge is 0.151 e. The number of rotatable bonds is 8. The van der Waals surface area contributed by atoms with Gasteiger partial charge in [0, 0.05) is 25.4 Å². The highest BCUT2D eigenvalue weighted by molar-refractivity contribution is 7.91. The molecule has 6 heteroatoms. The maximum atomic E-state index is 11.2. The molecule has 0 rings (SSSR count). The molecule has 0 saturated carbocycles. The normalized spacial score (nSPS) is 16.4. The second-order valence-electron chi connectivity index (χ2n) is 4.65. The Bertz CT molecular complexity index is 286. The summed E-state index contributed by atoms with van der Waals surface area (Å²) in [6, 6.07) is 0. The second-order valence-corrected chi connectivity index (χ2v) is 7.12. The summed E-state index contributed by atoms with van der Waals surface area (Å²) in [5.74, 6) is 0.296. The molecule has 0 aliphatic heterocycles. The third-order valence-corrected chi connectivity index (χ3v) is 3.90. The number of likely N-dealkylation sites (N-methyl/N-ethyl adjacent to an activating group) is 1. The Morgan fingerprint density at radius 3 is 2.38 bits per heavy atom. The van der Waals surface area contributed by atoms with Crippen molar-refractivity contribution < 1.29 is 13.5 Å². The van der Waals surface area contributed by atoms with Crippen molar-refractivity contribution in [2.45, 2.75) is 19.4 Å². The minimum atomic E-state index is -2.91. The molecule has 0 radical (unpaired) electrons. The van der Waals surface area contributed by atoms with Crippen LogP contribution in [0.3, 0.4) is 0 Å². The Balaban J connectivity index is 3.82. The summed E-state index contributed by atoms with van der Waals surface area (Å²) in [7, 11) is 0.855. The van der Waals surface area contributed by atoms with Crippen LogP contribution in [0.2, 0.25) is 0 Å². The van der Waals surface area contributed by atoms with Gasteiger partial charge in [0.25, 0.3) is 0 Å². The highest BCUT2D eigenvalue weighted by Crippen LogP contribution is 2.02. The zero-order chi connectivity index (χ0) is 12.8. The van der Waals surface area contributed by atoms with Gasteiger partial charge >= 0.3 is 0 Å². The van der Waals surface area contributed by atoms with E-state index in [1.807, 2.05) is 19.0 Å². The summed E-state index contributed by atoms with van der Waals surface area (Å²) < 4.78 is 22.4. The van der Waals surface area contributed by atoms with E-state index in [0.717, 1.165) is 0 Å². The number of aliphatic hydroxyl groups is 1. The molecular weight excluding hydrogens is 228 g/mol. The number of sulfone groups is 1. The minimum Gasteiger partial charge on any atom is -0.388 e. The lowest BCUT2D eigenvalue weighted by atomic mass is 10.1. The molecule has 0 amide bonds. The van der Waals surface area contributed by atoms with E-state index in [4.69, 9.17) is 0 Å². The van der Waals surface area contributed by atoms with Gasteiger partial charge in [-0.2, -0.15) is 0 Å². The molecule has 16 heavy (non-hydrogen) atoms. The maximum Gasteiger partial charge on any atom is 0.151 e. The second kappa shape index (κ2) is 6.54. The summed E-state index contributed by atoms with van der Waals surface area (Å²) in [4.78, 5) is 1.89. The summed E-state index contributed by atoms with van der Waals surface area (Å²) in [6.45, 7) is 4.69. The van der Waals surface area contributed by atoms with Crippen molar-refractivity contribution in [2.75, 3.05) is 45.2 Å². The Labute approximate surface area is 98.8 Å². The molecule has 5 nitrogen and oxygen atoms in total. The fourth-order valence-corrected chi connectivity index (χ4v) is 2.21. The first-order chi connectivity index (χ1) is 7.18. The average molecular weight is 252 g/mol. The summed E-state index contributed by atoms with van der Waals surface area (Å²) in [5.41, 5.74) is -0.834. The molecule has 0 spiro atoms. The van der Waals surface area contributed by atoms with Gasteiger partial charge in [0.2, 0.25) is 0 Å². The fraction of sp³-hybridized carbons (Fsp3) is 1.00. The van der Waals surface area contributed by atoms with E-state index in [0.29, 0.717) is 19.6 Å². The van der Waals surface area contributed by atoms with Crippen LogP contribution < -0.4 is 5.32 Å². The highest BCUT2D eigenvalue weighted by atomic mass is 32.2. The first-order valence-electron chi connectivity index (χ1n) is 5.47. The standard InChI is InChI=1S/C10H24N2O3S/c1-5-16(14,15)7-6-11-8-10(2,13)9-12(3)4/h11,13H,5-9H2,1-4H3. The van der Waals surface area contributed by atoms with Crippen LogP contribution in [0.4, 0.5) is 0 Å². The lowest BCUT2D eigenvalue weighted by Crippen LogP contribution is -2.46. The molecule has 1 unspecified atom stereocenters. The van der Waals surface area contributed by atoms with Crippen LogP contribution in [0.5, 0.6) is 0 Å². The number of nitrogens with zero attached hydrogens (tertiary/aromatic N) is 1. The molecule has 0 saturated heterocycles. The molecular formula is C10H24N2O3S. The van der Waals surface area contributed by atoms with Gasteiger partial charge in [-0.25, -0.2) is 8.42 Å². The van der Waals surface area contributed by atoms with Gasteiger partial charge in [0.05, 0.1) is 11.4 Å². The van der Waals surface area contributed by atoms with Crippen LogP contribution >= 0.6 is 0 Å². The molecule has 0 aliphatic rings. The van der Waals surface area contributed by atoms with Gasteiger partial charge in [-0.3, -0.25) is 0 Å². The quantitative estimate of drug-likeness (QED) is 0.560. The Kier molecular flexibility index (Phi) is 6.47. The van der Waals surface area contributed by atoms with Crippen molar-refractivity contribution >= 4 is 9.84 Å². The van der Waals surface area contributed by atoms with Crippen molar-refractivity contribution in [3.05, 3.63) is 0 Å². The van der Waals surface area contributed by atoms with Crippen LogP contribution in [0, 0.1) is 0 Å². The molecule has 0 heterocycles. The monoisotopic (exact) mass is 252 g/mol. The molecule has 0 aliphatic carbocycles. The van der Waals surface area contributed by atoms with E-state index in [-0.39, 0.29) is 11.5 Å². The van der Waals surface area contributed by atoms with Crippen molar-refractivity contribution in [1.29, 1.82) is 0 Å². The van der Waals surface area contributed by atoms with Gasteiger partial charge in [0.1, 0.15) is 0 Å². The van der Waals surface area contributed by atoms with E-state index in [9.17, 15) is 13.5 Å². The minimum absolute atomic E-state index is 0.127. The molecule has 2 N–H and O–H groups in total. The predicted octanol–water partition coefficient (Wildman–Crippen LogP) is -0.677. The molecule has 0 fully saturated rings. The first kappa shape index (κ1) is 15.8. The number of hydrogen-bond donors (Lipinski definition) is 2. The molecule has 1 atom stereocenters. The van der Waals surface area contributed by atoms with E-state index in [2.05, 4.69) is 5.32 Å². The lowest BCUT2D eigenvalue weighted by molar-refractivity contribution is 0.0344. The zero-order valence-electron chi connectivity index (χ0n) is 10.7. The summed E-state index contributed by atoms with van der Waals surface area (Å²) >= 11 is 0. The van der Waals surface area contributed by atoms with E-state index in [1.54, 1.807) is 13.8 Å². The number of nitrogens with one attached hydrogen (secondary N) is 1. The Morgan fingerprint density at radius 1 is 1.38 bits per heavy atom. The van der Waals surface area contributed by atoms with Crippen LogP contribution in [0.15, 0.2) is 0 Å². The average Bonchev–Trinajstić information content (AvgIpc) is 2.11. The van der Waals surface area contributed by atoms with Crippen molar-refractivity contribution in [3.8, 4) is 0 Å². The van der Waals surface area contributed by atoms with Crippen LogP contribution in [-0.4, -0.2) is 69.3 Å². The van der Waals surface area contributed by atoms with Gasteiger partial charge < -0.3 is 15.3 Å². The first-order valence-corrected chi connectivity index (χ1v) is 7.29. The number of hydrogen-bond acceptors (Lipinski definition) is 5. The summed E-state index contributed by atoms with van der Waals surface area (Å²) in [6.07, 6.45) is 0. The van der Waals surface area contributed by atoms with Gasteiger partial charge in [0.15, 0.2) is 9.84 Å². The molecule has 0 bridgehead atoms. The SMILES string of the molecule is CCS(=O)(=O)CCNCC(C)(O)CN(C)C. The predicted molar refractivity (Wildman–Crippen MR) is 66.4 cm³/mol. The van der Waals surface area contributed by atoms with Crippen molar-refractivity contribution in [2.24, 2.45) is 0 Å². The third kappa shape index (κ3) is 8.04. The molecule has 0 aromatic heterocycles. The van der Waals surface area contributed by atoms with Gasteiger partial charge in [-0.15, -0.1) is 0 Å².